The summed E-state index contributed by atoms with van der Waals surface area (Å²) in [5.74, 6) is 0.242. The fraction of sp³-hybridized carbons (Fsp3) is 0.444. The predicted molar refractivity (Wildman–Crippen MR) is 90.7 cm³/mol. The van der Waals surface area contributed by atoms with E-state index < -0.39 is 5.91 Å². The van der Waals surface area contributed by atoms with Crippen LogP contribution in [-0.4, -0.2) is 45.0 Å². The first kappa shape index (κ1) is 15.8. The summed E-state index contributed by atoms with van der Waals surface area (Å²) in [6, 6.07) is 5.66. The van der Waals surface area contributed by atoms with E-state index in [-0.39, 0.29) is 23.4 Å². The smallest absolute Gasteiger partial charge is 0.269 e. The molecule has 1 aliphatic carbocycles. The Morgan fingerprint density at radius 3 is 2.96 bits per heavy atom. The molecule has 2 amide bonds. The second-order valence-corrected chi connectivity index (χ2v) is 6.93. The Kier molecular flexibility index (Phi) is 3.99. The van der Waals surface area contributed by atoms with E-state index in [0.29, 0.717) is 12.5 Å². The van der Waals surface area contributed by atoms with Crippen molar-refractivity contribution in [3.8, 4) is 0 Å². The predicted octanol–water partition coefficient (Wildman–Crippen LogP) is 1.41. The third-order valence-electron chi connectivity index (χ3n) is 5.24. The van der Waals surface area contributed by atoms with Crippen LogP contribution in [0.4, 0.5) is 0 Å². The molecular formula is C18H21N5O2. The summed E-state index contributed by atoms with van der Waals surface area (Å²) < 4.78 is 0. The molecule has 2 aromatic heterocycles. The number of H-pyrrole nitrogens is 1. The monoisotopic (exact) mass is 339 g/mol. The van der Waals surface area contributed by atoms with Gasteiger partial charge in [-0.05, 0) is 42.9 Å². The molecule has 0 aromatic carbocycles. The molecule has 7 heteroatoms. The Morgan fingerprint density at radius 2 is 2.24 bits per heavy atom. The molecule has 0 bridgehead atoms. The molecule has 4 rings (SSSR count). The normalized spacial score (nSPS) is 25.6. The van der Waals surface area contributed by atoms with E-state index >= 15 is 0 Å². The molecule has 2 aliphatic rings. The fourth-order valence-corrected chi connectivity index (χ4v) is 3.77. The summed E-state index contributed by atoms with van der Waals surface area (Å²) >= 11 is 0. The number of pyridine rings is 1. The number of aromatic amines is 1. The van der Waals surface area contributed by atoms with Crippen LogP contribution in [0.3, 0.4) is 0 Å². The Morgan fingerprint density at radius 1 is 1.36 bits per heavy atom. The van der Waals surface area contributed by atoms with Gasteiger partial charge in [-0.15, -0.1) is 0 Å². The highest BCUT2D eigenvalue weighted by Crippen LogP contribution is 2.48. The quantitative estimate of drug-likeness (QED) is 0.878. The molecule has 3 N–H and O–H groups in total. The van der Waals surface area contributed by atoms with Gasteiger partial charge in [0.25, 0.3) is 5.91 Å². The number of nitrogens with one attached hydrogen (secondary N) is 1. The first-order chi connectivity index (χ1) is 12.1. The number of aromatic nitrogens is 3. The van der Waals surface area contributed by atoms with E-state index in [2.05, 4.69) is 15.2 Å². The van der Waals surface area contributed by atoms with E-state index in [4.69, 9.17) is 5.73 Å². The highest BCUT2D eigenvalue weighted by Gasteiger charge is 2.46. The molecule has 3 unspecified atom stereocenters. The van der Waals surface area contributed by atoms with Gasteiger partial charge in [-0.2, -0.15) is 5.10 Å². The summed E-state index contributed by atoms with van der Waals surface area (Å²) in [5.41, 5.74) is 7.53. The number of hydrogen-bond acceptors (Lipinski definition) is 4. The molecular weight excluding hydrogens is 318 g/mol. The summed E-state index contributed by atoms with van der Waals surface area (Å²) in [5, 5.41) is 6.85. The van der Waals surface area contributed by atoms with E-state index in [1.165, 1.54) is 0 Å². The lowest BCUT2D eigenvalue weighted by atomic mass is 9.94. The molecule has 1 aliphatic heterocycles. The minimum atomic E-state index is -0.538. The number of carbonyl (C=O) groups excluding carboxylic acids is 2. The average molecular weight is 339 g/mol. The van der Waals surface area contributed by atoms with Crippen LogP contribution in [-0.2, 0) is 4.79 Å². The Hall–Kier alpha value is -2.70. The van der Waals surface area contributed by atoms with Gasteiger partial charge in [-0.3, -0.25) is 19.7 Å². The highest BCUT2D eigenvalue weighted by atomic mass is 16.2. The average Bonchev–Trinajstić information content (AvgIpc) is 3.29. The van der Waals surface area contributed by atoms with Crippen molar-refractivity contribution in [1.82, 2.24) is 20.1 Å². The van der Waals surface area contributed by atoms with Crippen molar-refractivity contribution in [1.29, 1.82) is 0 Å². The van der Waals surface area contributed by atoms with Crippen molar-refractivity contribution in [2.24, 2.45) is 11.7 Å². The van der Waals surface area contributed by atoms with Gasteiger partial charge in [-0.25, -0.2) is 0 Å². The van der Waals surface area contributed by atoms with Gasteiger partial charge in [0.05, 0.1) is 0 Å². The lowest BCUT2D eigenvalue weighted by Gasteiger charge is -2.32. The number of amides is 2. The van der Waals surface area contributed by atoms with Crippen molar-refractivity contribution in [2.75, 3.05) is 13.1 Å². The number of likely N-dealkylation sites (tertiary alicyclic amines) is 1. The second-order valence-electron chi connectivity index (χ2n) is 6.93. The van der Waals surface area contributed by atoms with Crippen LogP contribution in [0.2, 0.25) is 0 Å². The largest absolute Gasteiger partial charge is 0.364 e. The third-order valence-corrected chi connectivity index (χ3v) is 5.24. The molecule has 3 atom stereocenters. The second kappa shape index (κ2) is 6.31. The van der Waals surface area contributed by atoms with Crippen LogP contribution in [0.15, 0.2) is 30.6 Å². The molecule has 7 nitrogen and oxygen atoms in total. The number of hydrogen-bond donors (Lipinski definition) is 2. The number of piperidine rings is 1. The van der Waals surface area contributed by atoms with E-state index in [1.807, 2.05) is 23.2 Å². The zero-order valence-corrected chi connectivity index (χ0v) is 13.9. The number of primary amides is 1. The van der Waals surface area contributed by atoms with E-state index in [1.54, 1.807) is 12.3 Å². The molecule has 130 valence electrons. The fourth-order valence-electron chi connectivity index (χ4n) is 3.77. The number of carbonyl (C=O) groups is 2. The van der Waals surface area contributed by atoms with Crippen LogP contribution < -0.4 is 5.73 Å². The number of nitrogens with two attached hydrogens (primary N) is 1. The SMILES string of the molecule is NC(=O)c1cc(C2CCCN(C(=O)C3CC3c3cccnc3)C2)[nH]n1. The van der Waals surface area contributed by atoms with Crippen LogP contribution >= 0.6 is 0 Å². The molecule has 1 saturated carbocycles. The van der Waals surface area contributed by atoms with Gasteiger partial charge in [0.1, 0.15) is 5.69 Å². The van der Waals surface area contributed by atoms with Crippen molar-refractivity contribution in [3.63, 3.8) is 0 Å². The van der Waals surface area contributed by atoms with Gasteiger partial charge >= 0.3 is 0 Å². The van der Waals surface area contributed by atoms with Gasteiger partial charge in [0.2, 0.25) is 5.91 Å². The maximum atomic E-state index is 12.8. The van der Waals surface area contributed by atoms with Gasteiger partial charge < -0.3 is 10.6 Å². The summed E-state index contributed by atoms with van der Waals surface area (Å²) in [6.07, 6.45) is 6.43. The van der Waals surface area contributed by atoms with Crippen molar-refractivity contribution in [2.45, 2.75) is 31.1 Å². The minimum Gasteiger partial charge on any atom is -0.364 e. The first-order valence-electron chi connectivity index (χ1n) is 8.67. The lowest BCUT2D eigenvalue weighted by molar-refractivity contribution is -0.133. The molecule has 0 spiro atoms. The summed E-state index contributed by atoms with van der Waals surface area (Å²) in [6.45, 7) is 1.46. The van der Waals surface area contributed by atoms with Crippen LogP contribution in [0.25, 0.3) is 0 Å². The Bertz CT molecular complexity index is 788. The Balaban J connectivity index is 1.41. The van der Waals surface area contributed by atoms with Gasteiger partial charge in [-0.1, -0.05) is 6.07 Å². The Labute approximate surface area is 145 Å². The highest BCUT2D eigenvalue weighted by molar-refractivity contribution is 5.90. The zero-order valence-electron chi connectivity index (χ0n) is 13.9. The van der Waals surface area contributed by atoms with Crippen molar-refractivity contribution < 1.29 is 9.59 Å². The molecule has 3 heterocycles. The lowest BCUT2D eigenvalue weighted by Crippen LogP contribution is -2.40. The summed E-state index contributed by atoms with van der Waals surface area (Å²) in [4.78, 5) is 30.2. The molecule has 2 aromatic rings. The van der Waals surface area contributed by atoms with Crippen LogP contribution in [0.5, 0.6) is 0 Å². The minimum absolute atomic E-state index is 0.0749. The zero-order chi connectivity index (χ0) is 17.4. The third kappa shape index (κ3) is 3.14. The number of nitrogens with zero attached hydrogens (tertiary/aromatic N) is 3. The van der Waals surface area contributed by atoms with Crippen LogP contribution in [0, 0.1) is 5.92 Å². The number of rotatable bonds is 4. The topological polar surface area (TPSA) is 105 Å². The van der Waals surface area contributed by atoms with Gasteiger partial charge in [0.15, 0.2) is 0 Å². The van der Waals surface area contributed by atoms with E-state index in [9.17, 15) is 9.59 Å². The standard InChI is InChI=1S/C18H21N5O2/c19-17(24)16-8-15(21-22-16)12-4-2-6-23(10-12)18(25)14-7-13(14)11-3-1-5-20-9-11/h1,3,5,8-9,12-14H,2,4,6-7,10H2,(H2,19,24)(H,21,22). The van der Waals surface area contributed by atoms with Crippen molar-refractivity contribution in [3.05, 3.63) is 47.5 Å². The maximum absolute atomic E-state index is 12.8. The van der Waals surface area contributed by atoms with E-state index in [0.717, 1.165) is 37.1 Å². The first-order valence-corrected chi connectivity index (χ1v) is 8.67. The van der Waals surface area contributed by atoms with Gasteiger partial charge in [0, 0.05) is 43.0 Å². The van der Waals surface area contributed by atoms with Crippen LogP contribution in [0.1, 0.15) is 52.8 Å². The van der Waals surface area contributed by atoms with Crippen molar-refractivity contribution >= 4 is 11.8 Å². The maximum Gasteiger partial charge on any atom is 0.269 e. The molecule has 1 saturated heterocycles. The molecule has 0 radical (unpaired) electrons. The summed E-state index contributed by atoms with van der Waals surface area (Å²) in [7, 11) is 0. The molecule has 25 heavy (non-hydrogen) atoms. The molecule has 2 fully saturated rings.